The molecule has 4 aromatic carbocycles. The monoisotopic (exact) mass is 953 g/mol. The van der Waals surface area contributed by atoms with Gasteiger partial charge < -0.3 is 29.8 Å². The van der Waals surface area contributed by atoms with Crippen LogP contribution in [0.1, 0.15) is 58.8 Å². The lowest BCUT2D eigenvalue weighted by Crippen LogP contribution is -2.52. The molecule has 2 N–H and O–H groups in total. The fraction of sp³-hybridized carbons (Fsp3) is 0.383. The number of nitrogens with zero attached hydrogens (tertiary/aromatic N) is 8. The fourth-order valence-corrected chi connectivity index (χ4v) is 7.80. The maximum atomic E-state index is 15.1. The topological polar surface area (TPSA) is 136 Å². The van der Waals surface area contributed by atoms with Gasteiger partial charge >= 0.3 is 18.5 Å². The zero-order chi connectivity index (χ0) is 47.7. The van der Waals surface area contributed by atoms with Gasteiger partial charge in [0, 0.05) is 96.0 Å². The SMILES string of the molecule is CCN1CCN(C(=O)N(Cc2ccc(-c3nnc(C(F)F)o3)cc2F)c2ccc(C)c(Cl)c2)CC1.CCN1CCN(C(=O)N(Cc2ccc(C(=O)CN)cc2F)c2ccc(C)c(Cl)c2)CC1. The Morgan fingerprint density at radius 2 is 1.15 bits per heavy atom. The summed E-state index contributed by atoms with van der Waals surface area (Å²) in [5.74, 6) is -2.56. The third-order valence-corrected chi connectivity index (χ3v) is 12.5. The first kappa shape index (κ1) is 49.8. The molecule has 0 bridgehead atoms. The Balaban J connectivity index is 0.000000220. The summed E-state index contributed by atoms with van der Waals surface area (Å²) in [5.41, 5.74) is 9.20. The molecule has 66 heavy (non-hydrogen) atoms. The molecular weight excluding hydrogens is 901 g/mol. The second-order valence-electron chi connectivity index (χ2n) is 15.9. The van der Waals surface area contributed by atoms with E-state index in [9.17, 15) is 27.6 Å². The predicted octanol–water partition coefficient (Wildman–Crippen LogP) is 9.23. The van der Waals surface area contributed by atoms with Crippen LogP contribution < -0.4 is 15.5 Å². The van der Waals surface area contributed by atoms with Crippen molar-refractivity contribution in [1.29, 1.82) is 0 Å². The Kier molecular flexibility index (Phi) is 17.2. The molecule has 7 rings (SSSR count). The second-order valence-corrected chi connectivity index (χ2v) is 16.7. The van der Waals surface area contributed by atoms with Gasteiger partial charge in [0.2, 0.25) is 5.89 Å². The van der Waals surface area contributed by atoms with E-state index in [4.69, 9.17) is 33.4 Å². The van der Waals surface area contributed by atoms with Gasteiger partial charge in [-0.2, -0.15) is 8.78 Å². The van der Waals surface area contributed by atoms with Crippen molar-refractivity contribution in [3.63, 3.8) is 0 Å². The molecule has 19 heteroatoms. The van der Waals surface area contributed by atoms with E-state index in [1.165, 1.54) is 34.1 Å². The molecule has 0 radical (unpaired) electrons. The lowest BCUT2D eigenvalue weighted by Gasteiger charge is -2.37. The third kappa shape index (κ3) is 12.2. The molecule has 2 aliphatic rings. The predicted molar refractivity (Wildman–Crippen MR) is 247 cm³/mol. The first-order valence-corrected chi connectivity index (χ1v) is 22.4. The molecule has 352 valence electrons. The average molecular weight is 955 g/mol. The van der Waals surface area contributed by atoms with Crippen molar-refractivity contribution in [1.82, 2.24) is 29.8 Å². The van der Waals surface area contributed by atoms with E-state index in [1.54, 1.807) is 34.1 Å². The number of rotatable bonds is 12. The lowest BCUT2D eigenvalue weighted by molar-refractivity contribution is 0.100. The highest BCUT2D eigenvalue weighted by Crippen LogP contribution is 2.30. The number of hydrogen-bond donors (Lipinski definition) is 1. The van der Waals surface area contributed by atoms with Crippen molar-refractivity contribution in [2.75, 3.05) is 81.8 Å². The van der Waals surface area contributed by atoms with Crippen LogP contribution in [0.25, 0.3) is 11.5 Å². The van der Waals surface area contributed by atoms with Crippen molar-refractivity contribution >= 4 is 52.4 Å². The number of ketones is 1. The van der Waals surface area contributed by atoms with Gasteiger partial charge in [0.05, 0.1) is 19.6 Å². The van der Waals surface area contributed by atoms with E-state index in [0.717, 1.165) is 56.5 Å². The zero-order valence-electron chi connectivity index (χ0n) is 37.3. The molecule has 4 amide bonds. The van der Waals surface area contributed by atoms with Crippen LogP contribution in [-0.2, 0) is 13.1 Å². The van der Waals surface area contributed by atoms with Crippen LogP contribution in [0.15, 0.2) is 77.2 Å². The summed E-state index contributed by atoms with van der Waals surface area (Å²) in [5, 5.41) is 7.86. The van der Waals surface area contributed by atoms with Crippen LogP contribution in [-0.4, -0.2) is 120 Å². The van der Waals surface area contributed by atoms with Crippen LogP contribution in [0, 0.1) is 25.5 Å². The van der Waals surface area contributed by atoms with Crippen molar-refractivity contribution in [2.24, 2.45) is 5.73 Å². The highest BCUT2D eigenvalue weighted by molar-refractivity contribution is 6.32. The molecule has 2 aliphatic heterocycles. The summed E-state index contributed by atoms with van der Waals surface area (Å²) in [6.45, 7) is 15.0. The Labute approximate surface area is 391 Å². The van der Waals surface area contributed by atoms with Crippen molar-refractivity contribution in [2.45, 2.75) is 47.2 Å². The molecule has 0 aliphatic carbocycles. The Morgan fingerprint density at radius 1 is 0.682 bits per heavy atom. The molecule has 5 aromatic rings. The van der Waals surface area contributed by atoms with Crippen LogP contribution >= 0.6 is 23.2 Å². The van der Waals surface area contributed by atoms with Crippen molar-refractivity contribution in [3.8, 4) is 11.5 Å². The van der Waals surface area contributed by atoms with E-state index in [1.807, 2.05) is 32.0 Å². The van der Waals surface area contributed by atoms with E-state index in [2.05, 4.69) is 33.8 Å². The lowest BCUT2D eigenvalue weighted by atomic mass is 10.1. The zero-order valence-corrected chi connectivity index (χ0v) is 38.8. The van der Waals surface area contributed by atoms with E-state index in [-0.39, 0.29) is 60.1 Å². The Hall–Kier alpha value is -5.59. The summed E-state index contributed by atoms with van der Waals surface area (Å²) in [6, 6.07) is 18.5. The van der Waals surface area contributed by atoms with Gasteiger partial charge in [0.15, 0.2) is 5.78 Å². The number of carbonyl (C=O) groups excluding carboxylic acids is 3. The third-order valence-electron chi connectivity index (χ3n) is 11.7. The minimum absolute atomic E-state index is 0.0230. The smallest absolute Gasteiger partial charge is 0.324 e. The number of piperazine rings is 2. The molecule has 2 fully saturated rings. The number of amides is 4. The van der Waals surface area contributed by atoms with Crippen LogP contribution in [0.4, 0.5) is 38.5 Å². The summed E-state index contributed by atoms with van der Waals surface area (Å²) in [4.78, 5) is 49.8. The molecule has 3 heterocycles. The van der Waals surface area contributed by atoms with Crippen LogP contribution in [0.3, 0.4) is 0 Å². The van der Waals surface area contributed by atoms with Crippen molar-refractivity contribution in [3.05, 3.63) is 128 Å². The van der Waals surface area contributed by atoms with E-state index in [0.29, 0.717) is 53.2 Å². The highest BCUT2D eigenvalue weighted by Gasteiger charge is 2.29. The summed E-state index contributed by atoms with van der Waals surface area (Å²) >= 11 is 12.6. The number of urea groups is 2. The molecule has 13 nitrogen and oxygen atoms in total. The first-order valence-electron chi connectivity index (χ1n) is 21.6. The standard InChI is InChI=1S/C24H25ClF3N5O2.C23H28ClFN4O2/c1-3-31-8-10-32(11-9-31)24(34)33(18-7-4-15(2)19(25)13-18)14-17-6-5-16(12-20(17)26)22-29-30-23(35-22)21(27)28;1-3-27-8-10-28(11-9-27)23(31)29(19-7-4-16(2)20(24)13-19)15-18-6-5-17(12-21(18)25)22(30)14-26/h4-7,12-13,21H,3,8-11,14H2,1-2H3;4-7,12-13H,3,8-11,14-15,26H2,1-2H3. The normalized spacial score (nSPS) is 14.5. The quantitative estimate of drug-likeness (QED) is 0.0960. The molecule has 1 aromatic heterocycles. The maximum Gasteiger partial charge on any atom is 0.324 e. The summed E-state index contributed by atoms with van der Waals surface area (Å²) in [6.07, 6.45) is -2.92. The maximum absolute atomic E-state index is 15.1. The number of hydrogen-bond acceptors (Lipinski definition) is 9. The highest BCUT2D eigenvalue weighted by atomic mass is 35.5. The number of halogens is 6. The molecule has 0 unspecified atom stereocenters. The van der Waals surface area contributed by atoms with Gasteiger partial charge in [-0.3, -0.25) is 14.6 Å². The average Bonchev–Trinajstić information content (AvgIpc) is 3.83. The van der Waals surface area contributed by atoms with Gasteiger partial charge in [-0.15, -0.1) is 10.2 Å². The molecule has 0 spiro atoms. The van der Waals surface area contributed by atoms with Gasteiger partial charge in [0.25, 0.3) is 5.89 Å². The minimum atomic E-state index is -2.92. The van der Waals surface area contributed by atoms with E-state index >= 15 is 4.39 Å². The van der Waals surface area contributed by atoms with Crippen LogP contribution in [0.2, 0.25) is 10.0 Å². The minimum Gasteiger partial charge on any atom is -0.415 e. The first-order chi connectivity index (χ1) is 31.6. The van der Waals surface area contributed by atoms with E-state index < -0.39 is 24.0 Å². The number of anilines is 2. The molecular formula is C47H53Cl2F4N9O4. The molecule has 2 saturated heterocycles. The molecule has 0 atom stereocenters. The Bertz CT molecular complexity index is 2500. The largest absolute Gasteiger partial charge is 0.415 e. The number of aromatic nitrogens is 2. The molecule has 0 saturated carbocycles. The number of likely N-dealkylation sites (N-methyl/N-ethyl adjacent to an activating group) is 2. The summed E-state index contributed by atoms with van der Waals surface area (Å²) in [7, 11) is 0. The van der Waals surface area contributed by atoms with Gasteiger partial charge in [-0.25, -0.2) is 18.4 Å². The number of benzene rings is 4. The van der Waals surface area contributed by atoms with Gasteiger partial charge in [0.1, 0.15) is 11.6 Å². The van der Waals surface area contributed by atoms with Gasteiger partial charge in [-0.1, -0.05) is 67.4 Å². The summed E-state index contributed by atoms with van der Waals surface area (Å²) < 4.78 is 60.3. The number of aryl methyl sites for hydroxylation is 2. The number of carbonyl (C=O) groups is 3. The van der Waals surface area contributed by atoms with Gasteiger partial charge in [-0.05, 0) is 80.5 Å². The second kappa shape index (κ2) is 22.7. The number of Topliss-reactive ketones (excluding diaryl/α,β-unsaturated/α-hetero) is 1. The number of alkyl halides is 2. The number of nitrogens with two attached hydrogens (primary N) is 1. The fourth-order valence-electron chi connectivity index (χ4n) is 7.45. The Morgan fingerprint density at radius 3 is 1.55 bits per heavy atom. The van der Waals surface area contributed by atoms with Crippen LogP contribution in [0.5, 0.6) is 0 Å². The van der Waals surface area contributed by atoms with Crippen molar-refractivity contribution < 1.29 is 36.4 Å².